The molecule has 22 heavy (non-hydrogen) atoms. The summed E-state index contributed by atoms with van der Waals surface area (Å²) in [7, 11) is 0. The largest absolute Gasteiger partial charge is 0.338 e. The average Bonchev–Trinajstić information content (AvgIpc) is 3.16. The number of halogens is 1. The van der Waals surface area contributed by atoms with Crippen LogP contribution in [0.3, 0.4) is 0 Å². The summed E-state index contributed by atoms with van der Waals surface area (Å²) in [5.41, 5.74) is 0.892. The van der Waals surface area contributed by atoms with Gasteiger partial charge in [-0.2, -0.15) is 4.98 Å². The van der Waals surface area contributed by atoms with Gasteiger partial charge in [-0.15, -0.1) is 0 Å². The molecule has 0 bridgehead atoms. The molecule has 0 radical (unpaired) electrons. The highest BCUT2D eigenvalue weighted by Crippen LogP contribution is 2.23. The summed E-state index contributed by atoms with van der Waals surface area (Å²) in [6.07, 6.45) is 2.64. The van der Waals surface area contributed by atoms with E-state index in [0.29, 0.717) is 22.8 Å². The number of piperazine rings is 1. The molecule has 0 saturated carbocycles. The lowest BCUT2D eigenvalue weighted by atomic mass is 10.1. The molecule has 1 atom stereocenters. The van der Waals surface area contributed by atoms with Crippen LogP contribution in [0.25, 0.3) is 11.4 Å². The lowest BCUT2D eigenvalue weighted by molar-refractivity contribution is 0.0908. The van der Waals surface area contributed by atoms with Crippen LogP contribution in [0.5, 0.6) is 0 Å². The minimum absolute atomic E-state index is 0.608. The molecule has 4 rings (SSSR count). The second-order valence-corrected chi connectivity index (χ2v) is 6.53. The van der Waals surface area contributed by atoms with Gasteiger partial charge in [0.2, 0.25) is 11.7 Å². The van der Waals surface area contributed by atoms with Gasteiger partial charge in [-0.3, -0.25) is 9.80 Å². The molecule has 2 fully saturated rings. The quantitative estimate of drug-likeness (QED) is 0.870. The maximum Gasteiger partial charge on any atom is 0.241 e. The molecule has 1 aromatic carbocycles. The van der Waals surface area contributed by atoms with E-state index in [1.807, 2.05) is 24.3 Å². The zero-order valence-electron chi connectivity index (χ0n) is 12.4. The molecule has 3 heterocycles. The number of hydrogen-bond donors (Lipinski definition) is 0. The van der Waals surface area contributed by atoms with Gasteiger partial charge in [0.05, 0.1) is 6.54 Å². The Hall–Kier alpha value is -1.43. The zero-order valence-corrected chi connectivity index (χ0v) is 13.2. The summed E-state index contributed by atoms with van der Waals surface area (Å²) in [6, 6.07) is 8.25. The van der Waals surface area contributed by atoms with Gasteiger partial charge < -0.3 is 4.52 Å². The van der Waals surface area contributed by atoms with Crippen molar-refractivity contribution >= 4 is 11.6 Å². The van der Waals surface area contributed by atoms with Gasteiger partial charge >= 0.3 is 0 Å². The molecule has 1 aromatic heterocycles. The van der Waals surface area contributed by atoms with E-state index < -0.39 is 0 Å². The van der Waals surface area contributed by atoms with E-state index in [2.05, 4.69) is 19.9 Å². The van der Waals surface area contributed by atoms with Crippen molar-refractivity contribution in [1.29, 1.82) is 0 Å². The molecule has 0 spiro atoms. The molecule has 6 heteroatoms. The molecule has 0 N–H and O–H groups in total. The topological polar surface area (TPSA) is 45.4 Å². The average molecular weight is 319 g/mol. The first-order chi connectivity index (χ1) is 10.8. The Morgan fingerprint density at radius 1 is 1.27 bits per heavy atom. The van der Waals surface area contributed by atoms with Crippen molar-refractivity contribution in [1.82, 2.24) is 19.9 Å². The van der Waals surface area contributed by atoms with Crippen LogP contribution in [0.4, 0.5) is 0 Å². The van der Waals surface area contributed by atoms with Crippen LogP contribution in [0.1, 0.15) is 18.7 Å². The van der Waals surface area contributed by atoms with Crippen LogP contribution in [0, 0.1) is 0 Å². The molecule has 2 aliphatic rings. The van der Waals surface area contributed by atoms with Crippen molar-refractivity contribution in [2.24, 2.45) is 0 Å². The Morgan fingerprint density at radius 3 is 3.14 bits per heavy atom. The monoisotopic (exact) mass is 318 g/mol. The van der Waals surface area contributed by atoms with Crippen molar-refractivity contribution in [2.75, 3.05) is 26.2 Å². The predicted molar refractivity (Wildman–Crippen MR) is 84.6 cm³/mol. The number of aromatic nitrogens is 2. The van der Waals surface area contributed by atoms with Gasteiger partial charge in [-0.05, 0) is 31.5 Å². The van der Waals surface area contributed by atoms with Crippen molar-refractivity contribution in [2.45, 2.75) is 25.4 Å². The van der Waals surface area contributed by atoms with Gasteiger partial charge in [0.25, 0.3) is 0 Å². The van der Waals surface area contributed by atoms with Gasteiger partial charge in [-0.1, -0.05) is 28.9 Å². The molecule has 0 aliphatic carbocycles. The minimum Gasteiger partial charge on any atom is -0.338 e. The minimum atomic E-state index is 0.608. The zero-order chi connectivity index (χ0) is 14.9. The highest BCUT2D eigenvalue weighted by atomic mass is 35.5. The third-order valence-electron chi connectivity index (χ3n) is 4.58. The summed E-state index contributed by atoms with van der Waals surface area (Å²) < 4.78 is 5.41. The standard InChI is InChI=1S/C16H19ClN4O/c17-13-4-1-3-12(9-13)16-18-15(22-19-16)11-20-7-8-21-6-2-5-14(21)10-20/h1,3-4,9,14H,2,5-8,10-11H2/t14-/m0/s1. The van der Waals surface area contributed by atoms with E-state index in [-0.39, 0.29) is 0 Å². The van der Waals surface area contributed by atoms with Gasteiger partial charge in [0.1, 0.15) is 0 Å². The highest BCUT2D eigenvalue weighted by Gasteiger charge is 2.31. The van der Waals surface area contributed by atoms with E-state index in [9.17, 15) is 0 Å². The molecular weight excluding hydrogens is 300 g/mol. The fraction of sp³-hybridized carbons (Fsp3) is 0.500. The lowest BCUT2D eigenvalue weighted by Gasteiger charge is -2.36. The third kappa shape index (κ3) is 2.89. The van der Waals surface area contributed by atoms with Crippen molar-refractivity contribution in [3.8, 4) is 11.4 Å². The summed E-state index contributed by atoms with van der Waals surface area (Å²) in [5, 5.41) is 4.76. The van der Waals surface area contributed by atoms with E-state index in [1.165, 1.54) is 19.4 Å². The molecule has 2 saturated heterocycles. The Kier molecular flexibility index (Phi) is 3.86. The Labute approximate surface area is 134 Å². The molecule has 2 aromatic rings. The Balaban J connectivity index is 1.44. The second-order valence-electron chi connectivity index (χ2n) is 6.09. The van der Waals surface area contributed by atoms with Crippen molar-refractivity contribution < 1.29 is 4.52 Å². The van der Waals surface area contributed by atoms with Crippen molar-refractivity contribution in [3.05, 3.63) is 35.2 Å². The first-order valence-electron chi connectivity index (χ1n) is 7.83. The maximum absolute atomic E-state index is 6.01. The lowest BCUT2D eigenvalue weighted by Crippen LogP contribution is -2.49. The van der Waals surface area contributed by atoms with Gasteiger partial charge in [0.15, 0.2) is 0 Å². The molecular formula is C16H19ClN4O. The fourth-order valence-electron chi connectivity index (χ4n) is 3.45. The smallest absolute Gasteiger partial charge is 0.241 e. The fourth-order valence-corrected chi connectivity index (χ4v) is 3.64. The van der Waals surface area contributed by atoms with E-state index in [0.717, 1.165) is 31.7 Å². The number of benzene rings is 1. The predicted octanol–water partition coefficient (Wildman–Crippen LogP) is 2.67. The molecule has 0 unspecified atom stereocenters. The number of fused-ring (bicyclic) bond motifs is 1. The number of hydrogen-bond acceptors (Lipinski definition) is 5. The third-order valence-corrected chi connectivity index (χ3v) is 4.82. The van der Waals surface area contributed by atoms with Crippen LogP contribution in [0.2, 0.25) is 5.02 Å². The summed E-state index contributed by atoms with van der Waals surface area (Å²) in [4.78, 5) is 9.53. The van der Waals surface area contributed by atoms with Gasteiger partial charge in [0, 0.05) is 36.3 Å². The van der Waals surface area contributed by atoms with Gasteiger partial charge in [-0.25, -0.2) is 0 Å². The van der Waals surface area contributed by atoms with Crippen LogP contribution in [0.15, 0.2) is 28.8 Å². The second kappa shape index (κ2) is 5.99. The van der Waals surface area contributed by atoms with E-state index in [4.69, 9.17) is 16.1 Å². The molecule has 0 amide bonds. The molecule has 5 nitrogen and oxygen atoms in total. The van der Waals surface area contributed by atoms with Crippen LogP contribution in [-0.2, 0) is 6.54 Å². The number of nitrogens with zero attached hydrogens (tertiary/aromatic N) is 4. The number of rotatable bonds is 3. The van der Waals surface area contributed by atoms with Crippen molar-refractivity contribution in [3.63, 3.8) is 0 Å². The first-order valence-corrected chi connectivity index (χ1v) is 8.21. The molecule has 2 aliphatic heterocycles. The maximum atomic E-state index is 6.01. The van der Waals surface area contributed by atoms with E-state index >= 15 is 0 Å². The highest BCUT2D eigenvalue weighted by molar-refractivity contribution is 6.30. The first kappa shape index (κ1) is 14.2. The van der Waals surface area contributed by atoms with E-state index in [1.54, 1.807) is 0 Å². The normalized spacial score (nSPS) is 22.9. The summed E-state index contributed by atoms with van der Waals surface area (Å²) in [5.74, 6) is 1.29. The Bertz CT molecular complexity index is 659. The Morgan fingerprint density at radius 2 is 2.23 bits per heavy atom. The summed E-state index contributed by atoms with van der Waals surface area (Å²) >= 11 is 6.01. The molecule has 116 valence electrons. The van der Waals surface area contributed by atoms with Crippen LogP contribution in [-0.4, -0.2) is 52.2 Å². The SMILES string of the molecule is Clc1cccc(-c2noc(CN3CCN4CCC[C@H]4C3)n2)c1. The summed E-state index contributed by atoms with van der Waals surface area (Å²) in [6.45, 7) is 5.33. The van der Waals surface area contributed by atoms with Crippen LogP contribution >= 0.6 is 11.6 Å². The van der Waals surface area contributed by atoms with Crippen LogP contribution < -0.4 is 0 Å².